The predicted octanol–water partition coefficient (Wildman–Crippen LogP) is 2.93. The summed E-state index contributed by atoms with van der Waals surface area (Å²) in [5, 5.41) is 4.03. The molecule has 1 rings (SSSR count). The van der Waals surface area contributed by atoms with E-state index in [2.05, 4.69) is 5.32 Å². The summed E-state index contributed by atoms with van der Waals surface area (Å²) in [6.45, 7) is 4.62. The minimum Gasteiger partial charge on any atom is -0.480 e. The third kappa shape index (κ3) is 7.31. The van der Waals surface area contributed by atoms with Crippen LogP contribution in [0.5, 0.6) is 5.75 Å². The third-order valence-electron chi connectivity index (χ3n) is 2.64. The topological polar surface area (TPSA) is 56.8 Å². The molecule has 0 heterocycles. The van der Waals surface area contributed by atoms with Crippen LogP contribution >= 0.6 is 23.2 Å². The van der Waals surface area contributed by atoms with E-state index in [0.717, 1.165) is 0 Å². The second-order valence-corrected chi connectivity index (χ2v) is 5.84. The number of hydrogen-bond acceptors (Lipinski definition) is 5. The highest BCUT2D eigenvalue weighted by Crippen LogP contribution is 2.27. The van der Waals surface area contributed by atoms with Crippen LogP contribution in [0.4, 0.5) is 0 Å². The molecule has 0 spiro atoms. The standard InChI is InChI=1S/C15H21Cl2NO4/c1-10(2)18-7-12(8-20-3)22-15(19)9-21-14-5-4-11(16)6-13(14)17/h4-6,10,12,18H,7-9H2,1-3H3. The molecular weight excluding hydrogens is 329 g/mol. The van der Waals surface area contributed by atoms with Crippen LogP contribution in [0.1, 0.15) is 13.8 Å². The quantitative estimate of drug-likeness (QED) is 0.694. The molecule has 0 aliphatic carbocycles. The van der Waals surface area contributed by atoms with E-state index in [0.29, 0.717) is 35.0 Å². The molecular formula is C15H21Cl2NO4. The molecule has 0 saturated carbocycles. The van der Waals surface area contributed by atoms with Gasteiger partial charge in [0.25, 0.3) is 0 Å². The number of halogens is 2. The number of benzene rings is 1. The molecule has 1 unspecified atom stereocenters. The molecule has 124 valence electrons. The van der Waals surface area contributed by atoms with Crippen LogP contribution in [0.25, 0.3) is 0 Å². The second kappa shape index (κ2) is 9.90. The lowest BCUT2D eigenvalue weighted by Gasteiger charge is -2.19. The summed E-state index contributed by atoms with van der Waals surface area (Å²) in [5.74, 6) is -0.106. The van der Waals surface area contributed by atoms with Gasteiger partial charge in [-0.15, -0.1) is 0 Å². The highest BCUT2D eigenvalue weighted by Gasteiger charge is 2.16. The number of hydrogen-bond donors (Lipinski definition) is 1. The van der Waals surface area contributed by atoms with Gasteiger partial charge in [-0.2, -0.15) is 0 Å². The molecule has 0 aliphatic rings. The fraction of sp³-hybridized carbons (Fsp3) is 0.533. The molecule has 0 bridgehead atoms. The Bertz CT molecular complexity index is 483. The normalized spacial score (nSPS) is 12.3. The van der Waals surface area contributed by atoms with Crippen LogP contribution in [0.2, 0.25) is 10.0 Å². The first kappa shape index (κ1) is 19.0. The first-order valence-electron chi connectivity index (χ1n) is 6.92. The van der Waals surface area contributed by atoms with Crippen LogP contribution < -0.4 is 10.1 Å². The number of ether oxygens (including phenoxy) is 3. The Morgan fingerprint density at radius 1 is 1.32 bits per heavy atom. The smallest absolute Gasteiger partial charge is 0.344 e. The van der Waals surface area contributed by atoms with Gasteiger partial charge in [0.15, 0.2) is 6.61 Å². The van der Waals surface area contributed by atoms with E-state index >= 15 is 0 Å². The molecule has 1 aromatic carbocycles. The predicted molar refractivity (Wildman–Crippen MR) is 86.9 cm³/mol. The Morgan fingerprint density at radius 3 is 2.64 bits per heavy atom. The van der Waals surface area contributed by atoms with E-state index in [1.165, 1.54) is 0 Å². The number of methoxy groups -OCH3 is 1. The van der Waals surface area contributed by atoms with E-state index in [1.807, 2.05) is 13.8 Å². The SMILES string of the molecule is COCC(CNC(C)C)OC(=O)COc1ccc(Cl)cc1Cl. The minimum atomic E-state index is -0.487. The maximum atomic E-state index is 11.8. The molecule has 0 fully saturated rings. The third-order valence-corrected chi connectivity index (χ3v) is 3.17. The highest BCUT2D eigenvalue weighted by atomic mass is 35.5. The van der Waals surface area contributed by atoms with Crippen molar-refractivity contribution in [2.24, 2.45) is 0 Å². The largest absolute Gasteiger partial charge is 0.480 e. The van der Waals surface area contributed by atoms with Crippen molar-refractivity contribution in [2.75, 3.05) is 26.9 Å². The van der Waals surface area contributed by atoms with Crippen molar-refractivity contribution >= 4 is 29.2 Å². The van der Waals surface area contributed by atoms with Crippen LogP contribution in [0.15, 0.2) is 18.2 Å². The molecule has 0 amide bonds. The van der Waals surface area contributed by atoms with Crippen molar-refractivity contribution in [1.82, 2.24) is 5.32 Å². The fourth-order valence-electron chi connectivity index (χ4n) is 1.64. The van der Waals surface area contributed by atoms with Gasteiger partial charge in [-0.3, -0.25) is 0 Å². The minimum absolute atomic E-state index is 0.233. The van der Waals surface area contributed by atoms with Crippen molar-refractivity contribution in [3.63, 3.8) is 0 Å². The highest BCUT2D eigenvalue weighted by molar-refractivity contribution is 6.35. The van der Waals surface area contributed by atoms with E-state index in [1.54, 1.807) is 25.3 Å². The number of carbonyl (C=O) groups is 1. The fourth-order valence-corrected chi connectivity index (χ4v) is 2.10. The van der Waals surface area contributed by atoms with Gasteiger partial charge in [-0.25, -0.2) is 4.79 Å². The van der Waals surface area contributed by atoms with Gasteiger partial charge >= 0.3 is 5.97 Å². The van der Waals surface area contributed by atoms with Gasteiger partial charge in [0.2, 0.25) is 0 Å². The van der Waals surface area contributed by atoms with Crippen LogP contribution in [0, 0.1) is 0 Å². The van der Waals surface area contributed by atoms with Gasteiger partial charge in [0, 0.05) is 24.7 Å². The summed E-state index contributed by atoms with van der Waals surface area (Å²) in [5.41, 5.74) is 0. The summed E-state index contributed by atoms with van der Waals surface area (Å²) in [4.78, 5) is 11.8. The van der Waals surface area contributed by atoms with Gasteiger partial charge < -0.3 is 19.5 Å². The van der Waals surface area contributed by atoms with Crippen molar-refractivity contribution in [3.8, 4) is 5.75 Å². The number of nitrogens with one attached hydrogen (secondary N) is 1. The first-order valence-corrected chi connectivity index (χ1v) is 7.67. The monoisotopic (exact) mass is 349 g/mol. The number of rotatable bonds is 9. The molecule has 1 atom stereocenters. The zero-order valence-corrected chi connectivity index (χ0v) is 14.4. The Morgan fingerprint density at radius 2 is 2.05 bits per heavy atom. The Kier molecular flexibility index (Phi) is 8.56. The van der Waals surface area contributed by atoms with E-state index in [-0.39, 0.29) is 12.7 Å². The molecule has 22 heavy (non-hydrogen) atoms. The van der Waals surface area contributed by atoms with Crippen molar-refractivity contribution in [2.45, 2.75) is 26.0 Å². The molecule has 0 saturated heterocycles. The van der Waals surface area contributed by atoms with Gasteiger partial charge in [-0.05, 0) is 18.2 Å². The Balaban J connectivity index is 2.45. The average Bonchev–Trinajstić information content (AvgIpc) is 2.44. The lowest BCUT2D eigenvalue weighted by atomic mass is 10.3. The van der Waals surface area contributed by atoms with Crippen LogP contribution in [-0.4, -0.2) is 45.0 Å². The Hall–Kier alpha value is -1.01. The number of esters is 1. The lowest BCUT2D eigenvalue weighted by Crippen LogP contribution is -2.38. The first-order chi connectivity index (χ1) is 10.4. The lowest BCUT2D eigenvalue weighted by molar-refractivity contribution is -0.153. The molecule has 5 nitrogen and oxygen atoms in total. The molecule has 7 heteroatoms. The van der Waals surface area contributed by atoms with Crippen molar-refractivity contribution in [3.05, 3.63) is 28.2 Å². The summed E-state index contributed by atoms with van der Waals surface area (Å²) in [6, 6.07) is 5.07. The summed E-state index contributed by atoms with van der Waals surface area (Å²) >= 11 is 11.8. The van der Waals surface area contributed by atoms with Gasteiger partial charge in [0.05, 0.1) is 11.6 Å². The molecule has 1 N–H and O–H groups in total. The molecule has 0 aromatic heterocycles. The van der Waals surface area contributed by atoms with Crippen LogP contribution in [0.3, 0.4) is 0 Å². The average molecular weight is 350 g/mol. The summed E-state index contributed by atoms with van der Waals surface area (Å²) in [7, 11) is 1.56. The van der Waals surface area contributed by atoms with E-state index < -0.39 is 5.97 Å². The van der Waals surface area contributed by atoms with Gasteiger partial charge in [-0.1, -0.05) is 37.0 Å². The zero-order chi connectivity index (χ0) is 16.5. The number of carbonyl (C=O) groups excluding carboxylic acids is 1. The van der Waals surface area contributed by atoms with Crippen molar-refractivity contribution < 1.29 is 19.0 Å². The van der Waals surface area contributed by atoms with E-state index in [4.69, 9.17) is 37.4 Å². The van der Waals surface area contributed by atoms with Crippen LogP contribution in [-0.2, 0) is 14.3 Å². The van der Waals surface area contributed by atoms with Crippen molar-refractivity contribution in [1.29, 1.82) is 0 Å². The Labute approximate surface area is 140 Å². The molecule has 0 radical (unpaired) electrons. The zero-order valence-electron chi connectivity index (χ0n) is 12.9. The second-order valence-electron chi connectivity index (χ2n) is 4.99. The van der Waals surface area contributed by atoms with Gasteiger partial charge in [0.1, 0.15) is 11.9 Å². The maximum absolute atomic E-state index is 11.8. The summed E-state index contributed by atoms with van der Waals surface area (Å²) in [6.07, 6.45) is -0.371. The summed E-state index contributed by atoms with van der Waals surface area (Å²) < 4.78 is 15.7. The van der Waals surface area contributed by atoms with E-state index in [9.17, 15) is 4.79 Å². The maximum Gasteiger partial charge on any atom is 0.344 e. The molecule has 0 aliphatic heterocycles. The molecule has 1 aromatic rings.